The molecule has 3 N–H and O–H groups in total. The minimum atomic E-state index is -0.936. The minimum absolute atomic E-state index is 0.0937. The molecule has 1 atom stereocenters. The number of piperazine rings is 1. The molecule has 244 valence electrons. The van der Waals surface area contributed by atoms with Gasteiger partial charge in [0, 0.05) is 62.1 Å². The Morgan fingerprint density at radius 3 is 2.38 bits per heavy atom. The fraction of sp³-hybridized carbons (Fsp3) is 0.324. The first-order valence-corrected chi connectivity index (χ1v) is 15.3. The Bertz CT molecular complexity index is 1690. The van der Waals surface area contributed by atoms with E-state index in [0.29, 0.717) is 61.4 Å². The monoisotopic (exact) mass is 638 g/mol. The maximum absolute atomic E-state index is 13.8. The van der Waals surface area contributed by atoms with Crippen LogP contribution in [0.5, 0.6) is 0 Å². The van der Waals surface area contributed by atoms with Crippen LogP contribution in [-0.2, 0) is 20.7 Å². The highest BCUT2D eigenvalue weighted by Crippen LogP contribution is 2.29. The van der Waals surface area contributed by atoms with Crippen LogP contribution in [0.3, 0.4) is 0 Å². The Kier molecular flexibility index (Phi) is 10.2. The van der Waals surface area contributed by atoms with Gasteiger partial charge in [-0.1, -0.05) is 30.3 Å². The quantitative estimate of drug-likeness (QED) is 0.200. The van der Waals surface area contributed by atoms with Crippen molar-refractivity contribution in [1.82, 2.24) is 24.8 Å². The van der Waals surface area contributed by atoms with Crippen molar-refractivity contribution < 1.29 is 24.2 Å². The summed E-state index contributed by atoms with van der Waals surface area (Å²) in [4.78, 5) is 59.2. The van der Waals surface area contributed by atoms with E-state index in [2.05, 4.69) is 25.6 Å². The highest BCUT2D eigenvalue weighted by Gasteiger charge is 2.27. The van der Waals surface area contributed by atoms with Crippen molar-refractivity contribution in [3.05, 3.63) is 84.9 Å². The van der Waals surface area contributed by atoms with Crippen LogP contribution in [0.25, 0.3) is 11.3 Å². The number of anilines is 4. The number of aromatic nitrogens is 4. The molecule has 13 nitrogen and oxygen atoms in total. The maximum Gasteiger partial charge on any atom is 0.407 e. The van der Waals surface area contributed by atoms with E-state index in [1.807, 2.05) is 47.4 Å². The van der Waals surface area contributed by atoms with Gasteiger partial charge in [0.25, 0.3) is 0 Å². The van der Waals surface area contributed by atoms with Gasteiger partial charge in [0.1, 0.15) is 23.1 Å². The smallest absolute Gasteiger partial charge is 0.407 e. The van der Waals surface area contributed by atoms with Crippen LogP contribution in [0.4, 0.5) is 27.9 Å². The zero-order valence-corrected chi connectivity index (χ0v) is 26.6. The number of esters is 1. The second kappa shape index (κ2) is 14.7. The fourth-order valence-corrected chi connectivity index (χ4v) is 5.17. The largest absolute Gasteiger partial charge is 0.465 e. The first-order valence-electron chi connectivity index (χ1n) is 15.3. The maximum atomic E-state index is 13.8. The van der Waals surface area contributed by atoms with Crippen molar-refractivity contribution in [2.45, 2.75) is 39.2 Å². The van der Waals surface area contributed by atoms with Crippen LogP contribution in [0.15, 0.2) is 79.4 Å². The van der Waals surface area contributed by atoms with Gasteiger partial charge >= 0.3 is 12.1 Å². The van der Waals surface area contributed by atoms with E-state index >= 15 is 0 Å². The number of carbonyl (C=O) groups excluding carboxylic acids is 2. The van der Waals surface area contributed by atoms with E-state index in [1.165, 1.54) is 4.90 Å². The molecule has 2 amide bonds. The predicted molar refractivity (Wildman–Crippen MR) is 177 cm³/mol. The zero-order valence-electron chi connectivity index (χ0n) is 26.6. The van der Waals surface area contributed by atoms with Gasteiger partial charge in [-0.2, -0.15) is 0 Å². The van der Waals surface area contributed by atoms with Crippen molar-refractivity contribution in [2.75, 3.05) is 41.7 Å². The molecule has 4 aromatic rings. The molecule has 1 fully saturated rings. The standard InChI is InChI=1S/C34H38N8O5/c1-34(2,3)47-31(43)19-25(17-23-7-5-4-6-8-23)32(44)38-26-20-27(39-28(21-26)40-29-22-35-11-12-36-29)24-9-10-37-30(18-24)41-13-15-42(16-14-41)33(45)46/h4-12,18,20-22,25H,13-17,19H2,1-3H3,(H,45,46)(H2,36,38,39,40,44)/t25-/m1/s1. The predicted octanol–water partition coefficient (Wildman–Crippen LogP) is 5.01. The Balaban J connectivity index is 1.43. The van der Waals surface area contributed by atoms with Gasteiger partial charge in [-0.15, -0.1) is 0 Å². The number of carboxylic acid groups (broad SMARTS) is 1. The molecule has 0 aliphatic carbocycles. The number of ether oxygens (including phenoxy) is 1. The second-order valence-electron chi connectivity index (χ2n) is 12.2. The lowest BCUT2D eigenvalue weighted by Gasteiger charge is -2.33. The molecule has 1 saturated heterocycles. The highest BCUT2D eigenvalue weighted by atomic mass is 16.6. The summed E-state index contributed by atoms with van der Waals surface area (Å²) in [5.41, 5.74) is 1.99. The van der Waals surface area contributed by atoms with Gasteiger partial charge in [0.05, 0.1) is 24.2 Å². The molecule has 1 aliphatic heterocycles. The van der Waals surface area contributed by atoms with Crippen molar-refractivity contribution in [3.8, 4) is 11.3 Å². The van der Waals surface area contributed by atoms with Crippen LogP contribution < -0.4 is 15.5 Å². The molecule has 0 spiro atoms. The number of benzene rings is 1. The average molecular weight is 639 g/mol. The molecule has 1 aliphatic rings. The number of amides is 2. The molecule has 0 radical (unpaired) electrons. The lowest BCUT2D eigenvalue weighted by atomic mass is 9.95. The Hall–Kier alpha value is -5.59. The van der Waals surface area contributed by atoms with Crippen molar-refractivity contribution in [3.63, 3.8) is 0 Å². The topological polar surface area (TPSA) is 163 Å². The summed E-state index contributed by atoms with van der Waals surface area (Å²) in [5, 5.41) is 15.5. The van der Waals surface area contributed by atoms with E-state index < -0.39 is 23.6 Å². The molecular formula is C34H38N8O5. The number of hydrogen-bond donors (Lipinski definition) is 3. The molecule has 3 aromatic heterocycles. The normalized spacial score (nSPS) is 13.9. The van der Waals surface area contributed by atoms with E-state index in [-0.39, 0.29) is 12.3 Å². The van der Waals surface area contributed by atoms with Crippen LogP contribution in [0, 0.1) is 5.92 Å². The first kappa shape index (κ1) is 32.8. The first-order chi connectivity index (χ1) is 22.5. The number of nitrogens with one attached hydrogen (secondary N) is 2. The molecule has 4 heterocycles. The summed E-state index contributed by atoms with van der Waals surface area (Å²) in [6.07, 6.45) is 5.67. The fourth-order valence-electron chi connectivity index (χ4n) is 5.17. The highest BCUT2D eigenvalue weighted by molar-refractivity contribution is 5.95. The second-order valence-corrected chi connectivity index (χ2v) is 12.2. The number of rotatable bonds is 10. The lowest BCUT2D eigenvalue weighted by molar-refractivity contribution is -0.157. The molecule has 0 saturated carbocycles. The molecular weight excluding hydrogens is 600 g/mol. The van der Waals surface area contributed by atoms with Crippen LogP contribution in [0.2, 0.25) is 0 Å². The van der Waals surface area contributed by atoms with E-state index in [0.717, 1.165) is 11.1 Å². The third kappa shape index (κ3) is 9.45. The Labute approximate surface area is 273 Å². The van der Waals surface area contributed by atoms with Crippen LogP contribution in [-0.4, -0.2) is 79.7 Å². The van der Waals surface area contributed by atoms with E-state index in [4.69, 9.17) is 9.72 Å². The van der Waals surface area contributed by atoms with Crippen molar-refractivity contribution in [2.24, 2.45) is 5.92 Å². The van der Waals surface area contributed by atoms with Crippen LogP contribution in [0.1, 0.15) is 32.8 Å². The molecule has 1 aromatic carbocycles. The van der Waals surface area contributed by atoms with Crippen LogP contribution >= 0.6 is 0 Å². The van der Waals surface area contributed by atoms with Gasteiger partial charge in [-0.25, -0.2) is 19.7 Å². The molecule has 47 heavy (non-hydrogen) atoms. The molecule has 5 rings (SSSR count). The third-order valence-corrected chi connectivity index (χ3v) is 7.36. The number of carbonyl (C=O) groups is 3. The summed E-state index contributed by atoms with van der Waals surface area (Å²) >= 11 is 0. The summed E-state index contributed by atoms with van der Waals surface area (Å²) in [6, 6.07) is 16.7. The average Bonchev–Trinajstić information content (AvgIpc) is 3.04. The van der Waals surface area contributed by atoms with Gasteiger partial charge in [-0.05, 0) is 51.0 Å². The van der Waals surface area contributed by atoms with Crippen molar-refractivity contribution in [1.29, 1.82) is 0 Å². The lowest BCUT2D eigenvalue weighted by Crippen LogP contribution is -2.48. The molecule has 13 heteroatoms. The summed E-state index contributed by atoms with van der Waals surface area (Å²) < 4.78 is 5.55. The minimum Gasteiger partial charge on any atom is -0.465 e. The van der Waals surface area contributed by atoms with E-state index in [1.54, 1.807) is 57.7 Å². The number of hydrogen-bond acceptors (Lipinski definition) is 10. The zero-order chi connectivity index (χ0) is 33.4. The SMILES string of the molecule is CC(C)(C)OC(=O)C[C@@H](Cc1ccccc1)C(=O)Nc1cc(Nc2cnccn2)nc(-c2ccnc(N3CCN(C(=O)O)CC3)c2)c1. The number of nitrogens with zero attached hydrogens (tertiary/aromatic N) is 6. The summed E-state index contributed by atoms with van der Waals surface area (Å²) in [5.74, 6) is 0.0767. The Morgan fingerprint density at radius 1 is 0.936 bits per heavy atom. The number of pyridine rings is 2. The third-order valence-electron chi connectivity index (χ3n) is 7.36. The van der Waals surface area contributed by atoms with Crippen molar-refractivity contribution >= 4 is 41.1 Å². The summed E-state index contributed by atoms with van der Waals surface area (Å²) in [7, 11) is 0. The molecule has 0 bridgehead atoms. The molecule has 0 unspecified atom stereocenters. The summed E-state index contributed by atoms with van der Waals surface area (Å²) in [6.45, 7) is 7.14. The van der Waals surface area contributed by atoms with Gasteiger partial charge in [0.2, 0.25) is 5.91 Å². The van der Waals surface area contributed by atoms with Gasteiger partial charge in [-0.3, -0.25) is 14.6 Å². The van der Waals surface area contributed by atoms with E-state index in [9.17, 15) is 19.5 Å². The van der Waals surface area contributed by atoms with Gasteiger partial charge in [0.15, 0.2) is 0 Å². The Morgan fingerprint density at radius 2 is 1.70 bits per heavy atom. The van der Waals surface area contributed by atoms with Gasteiger partial charge < -0.3 is 30.3 Å².